The van der Waals surface area contributed by atoms with Crippen LogP contribution in [0.2, 0.25) is 20.1 Å². The minimum atomic E-state index is -4.47. The second-order valence-electron chi connectivity index (χ2n) is 19.9. The van der Waals surface area contributed by atoms with Crippen molar-refractivity contribution in [3.63, 3.8) is 0 Å². The van der Waals surface area contributed by atoms with E-state index in [2.05, 4.69) is 89.8 Å². The van der Waals surface area contributed by atoms with E-state index in [1.807, 2.05) is 60.9 Å². The maximum absolute atomic E-state index is 13.7. The molecule has 0 atom stereocenters. The summed E-state index contributed by atoms with van der Waals surface area (Å²) >= 11 is 29.8. The van der Waals surface area contributed by atoms with Crippen LogP contribution in [0.5, 0.6) is 0 Å². The minimum absolute atomic E-state index is 0.0704. The Bertz CT molecular complexity index is 4010. The Balaban J connectivity index is 0.838. The van der Waals surface area contributed by atoms with Crippen LogP contribution in [0.3, 0.4) is 0 Å². The van der Waals surface area contributed by atoms with Crippen molar-refractivity contribution in [1.29, 1.82) is 0 Å². The molecule has 22 heteroatoms. The van der Waals surface area contributed by atoms with E-state index in [4.69, 9.17) is 46.4 Å². The number of amides is 1. The molecule has 4 heterocycles. The second-order valence-corrected chi connectivity index (χ2v) is 26.7. The highest BCUT2D eigenvalue weighted by Gasteiger charge is 2.35. The molecule has 0 spiro atoms. The summed E-state index contributed by atoms with van der Waals surface area (Å²) in [4.78, 5) is 21.4. The summed E-state index contributed by atoms with van der Waals surface area (Å²) in [5.74, 6) is 0.366. The van der Waals surface area contributed by atoms with Crippen LogP contribution in [-0.2, 0) is 44.7 Å². The molecule has 0 fully saturated rings. The van der Waals surface area contributed by atoms with Gasteiger partial charge in [-0.2, -0.15) is 4.57 Å². The first-order valence-electron chi connectivity index (χ1n) is 26.9. The number of rotatable bonds is 23. The number of unbranched alkanes of at least 4 members (excludes halogenated alkanes) is 3. The number of benzene rings is 6. The summed E-state index contributed by atoms with van der Waals surface area (Å²) in [6.07, 6.45) is 8.12. The molecule has 0 aliphatic carbocycles. The van der Waals surface area contributed by atoms with E-state index in [1.54, 1.807) is 41.3 Å². The zero-order chi connectivity index (χ0) is 57.2. The molecule has 0 saturated carbocycles. The fraction of sp³-hybridized carbons (Fsp3) is 0.305. The number of hydrogen-bond acceptors (Lipinski definition) is 12. The Morgan fingerprint density at radius 2 is 1.31 bits per heavy atom. The van der Waals surface area contributed by atoms with Gasteiger partial charge in [-0.3, -0.25) is 4.79 Å². The highest BCUT2D eigenvalue weighted by Crippen LogP contribution is 2.49. The summed E-state index contributed by atoms with van der Waals surface area (Å²) in [5, 5.41) is 8.77. The third-order valence-electron chi connectivity index (χ3n) is 14.6. The van der Waals surface area contributed by atoms with Crippen LogP contribution in [0.4, 0.5) is 17.1 Å². The molecule has 0 saturated heterocycles. The van der Waals surface area contributed by atoms with Crippen LogP contribution in [0, 0.1) is 0 Å². The molecule has 2 aromatic heterocycles. The van der Waals surface area contributed by atoms with Crippen LogP contribution >= 0.6 is 69.5 Å². The molecule has 81 heavy (non-hydrogen) atoms. The smallest absolute Gasteiger partial charge is 0.286 e. The van der Waals surface area contributed by atoms with Gasteiger partial charge in [0.25, 0.3) is 10.8 Å². The summed E-state index contributed by atoms with van der Waals surface area (Å²) < 4.78 is 77.8. The molecule has 0 unspecified atom stereocenters. The maximum atomic E-state index is 13.7. The first kappa shape index (κ1) is 58.8. The number of thioether (sulfide) groups is 1. The molecule has 1 N–H and O–H groups in total. The Morgan fingerprint density at radius 1 is 0.642 bits per heavy atom. The van der Waals surface area contributed by atoms with Crippen molar-refractivity contribution in [1.82, 2.24) is 9.88 Å². The number of thiazole rings is 1. The number of carbonyl (C=O) groups excluding carboxylic acids is 1. The number of hydrogen-bond donors (Lipinski definition) is 1. The zero-order valence-corrected chi connectivity index (χ0v) is 50.8. The van der Waals surface area contributed by atoms with Crippen molar-refractivity contribution in [2.45, 2.75) is 83.3 Å². The van der Waals surface area contributed by atoms with Crippen LogP contribution in [0.25, 0.3) is 55.3 Å². The lowest BCUT2D eigenvalue weighted by atomic mass is 10.0. The van der Waals surface area contributed by atoms with E-state index in [0.29, 0.717) is 58.6 Å². The van der Waals surface area contributed by atoms with Gasteiger partial charge >= 0.3 is 0 Å². The number of fused-ring (bicyclic) bond motifs is 6. The summed E-state index contributed by atoms with van der Waals surface area (Å²) in [5.41, 5.74) is 7.47. The van der Waals surface area contributed by atoms with Crippen molar-refractivity contribution in [2.24, 2.45) is 0 Å². The zero-order valence-electron chi connectivity index (χ0n) is 44.5. The summed E-state index contributed by atoms with van der Waals surface area (Å²) in [7, 11) is -8.86. The minimum Gasteiger partial charge on any atom is -0.748 e. The number of nitrogens with one attached hydrogen (secondary N) is 1. The molecule has 424 valence electrons. The Hall–Kier alpha value is -5.38. The number of aryl methyl sites for hydroxylation is 3. The molecule has 2 aliphatic rings. The number of nitrogens with zero attached hydrogens (tertiary/aromatic N) is 6. The van der Waals surface area contributed by atoms with E-state index in [0.717, 1.165) is 113 Å². The molecular formula is C59H59Cl4N7O7S4. The first-order valence-corrected chi connectivity index (χ1v) is 33.2. The van der Waals surface area contributed by atoms with Gasteiger partial charge in [-0.05, 0) is 86.0 Å². The Kier molecular flexibility index (Phi) is 18.3. The average molecular weight is 1250 g/mol. The average Bonchev–Trinajstić information content (AvgIpc) is 3.43. The van der Waals surface area contributed by atoms with Gasteiger partial charge in [-0.1, -0.05) is 143 Å². The largest absolute Gasteiger partial charge is 0.748 e. The highest BCUT2D eigenvalue weighted by atomic mass is 35.5. The van der Waals surface area contributed by atoms with E-state index in [9.17, 15) is 30.7 Å². The molecule has 1 amide bonds. The van der Waals surface area contributed by atoms with Gasteiger partial charge in [0.1, 0.15) is 10.5 Å². The Labute approximate surface area is 500 Å². The second kappa shape index (κ2) is 25.2. The molecule has 14 nitrogen and oxygen atoms in total. The van der Waals surface area contributed by atoms with Crippen LogP contribution in [0.15, 0.2) is 125 Å². The van der Waals surface area contributed by atoms with Crippen molar-refractivity contribution >= 4 is 157 Å². The van der Waals surface area contributed by atoms with Crippen molar-refractivity contribution < 1.29 is 39.9 Å². The lowest BCUT2D eigenvalue weighted by molar-refractivity contribution is -0.673. The molecule has 6 aromatic carbocycles. The number of aromatic nitrogens is 3. The third-order valence-corrected chi connectivity index (χ3v) is 19.9. The fourth-order valence-corrected chi connectivity index (χ4v) is 14.8. The molecular weight excluding hydrogens is 1190 g/mol. The van der Waals surface area contributed by atoms with E-state index in [1.165, 1.54) is 0 Å². The topological polar surface area (TPSA) is 166 Å². The van der Waals surface area contributed by atoms with Gasteiger partial charge in [0, 0.05) is 67.6 Å². The van der Waals surface area contributed by atoms with Crippen molar-refractivity contribution in [3.8, 4) is 11.1 Å². The normalized spacial score (nSPS) is 14.6. The van der Waals surface area contributed by atoms with E-state index < -0.39 is 31.7 Å². The van der Waals surface area contributed by atoms with Crippen molar-refractivity contribution in [2.75, 3.05) is 52.4 Å². The van der Waals surface area contributed by atoms with Gasteiger partial charge < -0.3 is 29.1 Å². The maximum Gasteiger partial charge on any atom is 0.286 e. The summed E-state index contributed by atoms with van der Waals surface area (Å²) in [6.45, 7) is 7.20. The predicted molar refractivity (Wildman–Crippen MR) is 330 cm³/mol. The molecule has 2 aliphatic heterocycles. The van der Waals surface area contributed by atoms with Crippen LogP contribution < -0.4 is 29.2 Å². The SMILES string of the molecule is CCN1C(=Cc2n(CC)c3cc(Cl)c(Cl)cc3[n+]2CCCS(=O)(=O)[O-])N(CCC(=O)NCCCCCCN2C(=Cc3sc4ccc5ccccc5c4[n+]3CCCS(=O)(=O)[O-])Sc3ccc(-c4ccccc4)cc32)c2cc(Cl)c(Cl)cc21. The molecule has 0 bridgehead atoms. The molecule has 8 aromatic rings. The lowest BCUT2D eigenvalue weighted by Crippen LogP contribution is -2.39. The standard InChI is InChI=1S/C59H59Cl4N7O7S4/c1-3-65-47-33-43(60)45(62)35-49(47)67(27-14-30-80(72,73)74)55(65)37-56-66(4-2)48-34-44(61)46(63)36-50(48)68(56)29-24-54(71)64-25-12-5-6-13-26-69-51-32-41(39-16-8-7-9-17-39)21-22-52(51)78-57(69)38-58-70(28-15-31-81(75,76)77)59-42-19-11-10-18-40(42)20-23-53(59)79-58/h7-11,16-23,32-38H,3-6,12-15,24-31H2,1-2H3,(H-2,64,71,72,73,74,75,76,77). The van der Waals surface area contributed by atoms with Crippen LogP contribution in [0.1, 0.15) is 69.6 Å². The third kappa shape index (κ3) is 13.2. The Morgan fingerprint density at radius 3 is 2.02 bits per heavy atom. The molecule has 0 radical (unpaired) electrons. The summed E-state index contributed by atoms with van der Waals surface area (Å²) in [6, 6.07) is 36.5. The number of halogens is 4. The van der Waals surface area contributed by atoms with E-state index >= 15 is 0 Å². The van der Waals surface area contributed by atoms with E-state index in [-0.39, 0.29) is 31.7 Å². The van der Waals surface area contributed by atoms with Crippen LogP contribution in [-0.4, -0.2) is 74.1 Å². The molecule has 10 rings (SSSR count). The van der Waals surface area contributed by atoms with Gasteiger partial charge in [-0.15, -0.1) is 0 Å². The number of anilines is 3. The van der Waals surface area contributed by atoms with Gasteiger partial charge in [0.05, 0.1) is 93.0 Å². The van der Waals surface area contributed by atoms with Gasteiger partial charge in [-0.25, -0.2) is 26.0 Å². The van der Waals surface area contributed by atoms with Gasteiger partial charge in [0.15, 0.2) is 17.6 Å². The van der Waals surface area contributed by atoms with Gasteiger partial charge in [0.2, 0.25) is 11.4 Å². The predicted octanol–water partition coefficient (Wildman–Crippen LogP) is 13.1. The quantitative estimate of drug-likeness (QED) is 0.0368. The first-order chi connectivity index (χ1) is 38.9. The monoisotopic (exact) mass is 1250 g/mol. The highest BCUT2D eigenvalue weighted by molar-refractivity contribution is 8.04. The number of imidazole rings is 1. The lowest BCUT2D eigenvalue weighted by Gasteiger charge is -2.24. The number of carbonyl (C=O) groups is 1. The van der Waals surface area contributed by atoms with Crippen molar-refractivity contribution in [3.05, 3.63) is 151 Å². The fourth-order valence-electron chi connectivity index (χ4n) is 10.9.